The maximum Gasteiger partial charge on any atom is 0.235 e. The lowest BCUT2D eigenvalue weighted by molar-refractivity contribution is -0.118. The molecule has 3 rings (SSSR count). The van der Waals surface area contributed by atoms with E-state index in [0.717, 1.165) is 18.5 Å². The zero-order valence-electron chi connectivity index (χ0n) is 11.9. The summed E-state index contributed by atoms with van der Waals surface area (Å²) in [4.78, 5) is 13.9. The first-order chi connectivity index (χ1) is 10.6. The van der Waals surface area contributed by atoms with Crippen molar-refractivity contribution in [1.29, 1.82) is 0 Å². The van der Waals surface area contributed by atoms with Crippen LogP contribution in [0.2, 0.25) is 10.0 Å². The molecule has 0 radical (unpaired) electrons. The van der Waals surface area contributed by atoms with Gasteiger partial charge < -0.3 is 5.32 Å². The maximum atomic E-state index is 11.8. The molecular weight excluding hydrogens is 319 g/mol. The van der Waals surface area contributed by atoms with E-state index >= 15 is 0 Å². The van der Waals surface area contributed by atoms with Crippen molar-refractivity contribution < 1.29 is 4.79 Å². The standard InChI is InChI=1S/C17H16Cl2N2O/c18-14-7-6-13(10-15(14)19)17-20-16(22)11-21(17)9-8-12-4-2-1-3-5-12/h1-7,10,17H,8-9,11H2,(H,20,22)/t17-/m0/s1. The minimum atomic E-state index is -0.147. The number of benzene rings is 2. The number of carbonyl (C=O) groups excluding carboxylic acids is 1. The van der Waals surface area contributed by atoms with Crippen LogP contribution >= 0.6 is 23.2 Å². The van der Waals surface area contributed by atoms with Crippen LogP contribution in [0.15, 0.2) is 48.5 Å². The van der Waals surface area contributed by atoms with E-state index in [1.165, 1.54) is 5.56 Å². The second-order valence-electron chi connectivity index (χ2n) is 5.35. The van der Waals surface area contributed by atoms with Crippen molar-refractivity contribution in [2.75, 3.05) is 13.1 Å². The van der Waals surface area contributed by atoms with Crippen molar-refractivity contribution in [3.05, 3.63) is 69.7 Å². The van der Waals surface area contributed by atoms with Gasteiger partial charge in [-0.3, -0.25) is 9.69 Å². The summed E-state index contributed by atoms with van der Waals surface area (Å²) in [5.41, 5.74) is 2.21. The average molecular weight is 335 g/mol. The fourth-order valence-electron chi connectivity index (χ4n) is 2.67. The summed E-state index contributed by atoms with van der Waals surface area (Å²) in [5, 5.41) is 4.01. The van der Waals surface area contributed by atoms with Gasteiger partial charge in [0.15, 0.2) is 0 Å². The van der Waals surface area contributed by atoms with Crippen molar-refractivity contribution in [2.24, 2.45) is 0 Å². The van der Waals surface area contributed by atoms with Crippen molar-refractivity contribution in [3.8, 4) is 0 Å². The zero-order valence-corrected chi connectivity index (χ0v) is 13.4. The highest BCUT2D eigenvalue weighted by Crippen LogP contribution is 2.29. The minimum Gasteiger partial charge on any atom is -0.335 e. The smallest absolute Gasteiger partial charge is 0.235 e. The van der Waals surface area contributed by atoms with Gasteiger partial charge >= 0.3 is 0 Å². The van der Waals surface area contributed by atoms with Gasteiger partial charge in [0, 0.05) is 6.54 Å². The Kier molecular flexibility index (Phi) is 4.67. The van der Waals surface area contributed by atoms with Crippen molar-refractivity contribution in [1.82, 2.24) is 10.2 Å². The number of hydrogen-bond acceptors (Lipinski definition) is 2. The highest BCUT2D eigenvalue weighted by Gasteiger charge is 2.30. The predicted octanol–water partition coefficient (Wildman–Crippen LogP) is 3.67. The zero-order chi connectivity index (χ0) is 15.5. The van der Waals surface area contributed by atoms with E-state index in [1.807, 2.05) is 30.3 Å². The van der Waals surface area contributed by atoms with Crippen LogP contribution in [0.25, 0.3) is 0 Å². The van der Waals surface area contributed by atoms with E-state index in [-0.39, 0.29) is 12.1 Å². The molecule has 0 aliphatic carbocycles. The largest absolute Gasteiger partial charge is 0.335 e. The lowest BCUT2D eigenvalue weighted by Gasteiger charge is -2.23. The Hall–Kier alpha value is -1.55. The molecule has 0 aromatic heterocycles. The van der Waals surface area contributed by atoms with Crippen LogP contribution in [0.5, 0.6) is 0 Å². The highest BCUT2D eigenvalue weighted by molar-refractivity contribution is 6.42. The fourth-order valence-corrected chi connectivity index (χ4v) is 2.97. The third-order valence-corrected chi connectivity index (χ3v) is 4.54. The summed E-state index contributed by atoms with van der Waals surface area (Å²) in [5.74, 6) is 0.0316. The number of nitrogens with zero attached hydrogens (tertiary/aromatic N) is 1. The number of carbonyl (C=O) groups is 1. The molecule has 5 heteroatoms. The van der Waals surface area contributed by atoms with Gasteiger partial charge in [-0.1, -0.05) is 59.6 Å². The maximum absolute atomic E-state index is 11.8. The third-order valence-electron chi connectivity index (χ3n) is 3.80. The van der Waals surface area contributed by atoms with Gasteiger partial charge in [0.2, 0.25) is 5.91 Å². The molecule has 0 spiro atoms. The molecule has 1 aliphatic rings. The Morgan fingerprint density at radius 3 is 2.59 bits per heavy atom. The SMILES string of the molecule is O=C1CN(CCc2ccccc2)[C@@H](c2ccc(Cl)c(Cl)c2)N1. The summed E-state index contributed by atoms with van der Waals surface area (Å²) < 4.78 is 0. The molecule has 1 amide bonds. The summed E-state index contributed by atoms with van der Waals surface area (Å²) in [6.07, 6.45) is 0.749. The van der Waals surface area contributed by atoms with Crippen LogP contribution in [-0.4, -0.2) is 23.9 Å². The molecule has 1 heterocycles. The normalized spacial score (nSPS) is 18.5. The van der Waals surface area contributed by atoms with E-state index in [2.05, 4.69) is 22.3 Å². The molecule has 0 saturated carbocycles. The Bertz CT molecular complexity index is 676. The van der Waals surface area contributed by atoms with Crippen molar-refractivity contribution >= 4 is 29.1 Å². The van der Waals surface area contributed by atoms with Crippen LogP contribution < -0.4 is 5.32 Å². The fraction of sp³-hybridized carbons (Fsp3) is 0.235. The van der Waals surface area contributed by atoms with Gasteiger partial charge in [-0.2, -0.15) is 0 Å². The predicted molar refractivity (Wildman–Crippen MR) is 89.1 cm³/mol. The summed E-state index contributed by atoms with van der Waals surface area (Å²) in [6, 6.07) is 15.7. The molecule has 2 aromatic rings. The summed E-state index contributed by atoms with van der Waals surface area (Å²) >= 11 is 12.0. The molecule has 1 aliphatic heterocycles. The molecular formula is C17H16Cl2N2O. The van der Waals surface area contributed by atoms with Crippen LogP contribution in [0.1, 0.15) is 17.3 Å². The van der Waals surface area contributed by atoms with Gasteiger partial charge in [0.05, 0.1) is 16.6 Å². The molecule has 114 valence electrons. The monoisotopic (exact) mass is 334 g/mol. The first kappa shape index (κ1) is 15.3. The Morgan fingerprint density at radius 1 is 1.09 bits per heavy atom. The number of halogens is 2. The number of amides is 1. The average Bonchev–Trinajstić information content (AvgIpc) is 2.90. The first-order valence-electron chi connectivity index (χ1n) is 7.16. The quantitative estimate of drug-likeness (QED) is 0.925. The number of hydrogen-bond donors (Lipinski definition) is 1. The number of nitrogens with one attached hydrogen (secondary N) is 1. The van der Waals surface area contributed by atoms with Gasteiger partial charge in [-0.25, -0.2) is 0 Å². The summed E-state index contributed by atoms with van der Waals surface area (Å²) in [6.45, 7) is 1.20. The molecule has 1 N–H and O–H groups in total. The number of rotatable bonds is 4. The van der Waals surface area contributed by atoms with E-state index in [1.54, 1.807) is 6.07 Å². The van der Waals surface area contributed by atoms with E-state index in [0.29, 0.717) is 16.6 Å². The van der Waals surface area contributed by atoms with E-state index in [9.17, 15) is 4.79 Å². The van der Waals surface area contributed by atoms with Gasteiger partial charge in [-0.05, 0) is 29.7 Å². The van der Waals surface area contributed by atoms with Gasteiger partial charge in [0.25, 0.3) is 0 Å². The molecule has 1 atom stereocenters. The van der Waals surface area contributed by atoms with Crippen LogP contribution in [0.3, 0.4) is 0 Å². The molecule has 3 nitrogen and oxygen atoms in total. The van der Waals surface area contributed by atoms with E-state index < -0.39 is 0 Å². The summed E-state index contributed by atoms with van der Waals surface area (Å²) in [7, 11) is 0. The Balaban J connectivity index is 1.74. The lowest BCUT2D eigenvalue weighted by atomic mass is 10.1. The second-order valence-corrected chi connectivity index (χ2v) is 6.16. The molecule has 0 unspecified atom stereocenters. The second kappa shape index (κ2) is 6.69. The van der Waals surface area contributed by atoms with Crippen LogP contribution in [-0.2, 0) is 11.2 Å². The van der Waals surface area contributed by atoms with Crippen LogP contribution in [0, 0.1) is 0 Å². The van der Waals surface area contributed by atoms with E-state index in [4.69, 9.17) is 23.2 Å². The topological polar surface area (TPSA) is 32.3 Å². The van der Waals surface area contributed by atoms with Gasteiger partial charge in [-0.15, -0.1) is 0 Å². The molecule has 1 saturated heterocycles. The third kappa shape index (κ3) is 3.43. The lowest BCUT2D eigenvalue weighted by Crippen LogP contribution is -2.29. The highest BCUT2D eigenvalue weighted by atomic mass is 35.5. The van der Waals surface area contributed by atoms with Gasteiger partial charge in [0.1, 0.15) is 6.17 Å². The van der Waals surface area contributed by atoms with Crippen LogP contribution in [0.4, 0.5) is 0 Å². The van der Waals surface area contributed by atoms with Crippen molar-refractivity contribution in [3.63, 3.8) is 0 Å². The molecule has 2 aromatic carbocycles. The molecule has 22 heavy (non-hydrogen) atoms. The Labute approximate surface area is 139 Å². The molecule has 1 fully saturated rings. The minimum absolute atomic E-state index is 0.0316. The Morgan fingerprint density at radius 2 is 1.86 bits per heavy atom. The first-order valence-corrected chi connectivity index (χ1v) is 7.91. The molecule has 0 bridgehead atoms. The van der Waals surface area contributed by atoms with Crippen molar-refractivity contribution in [2.45, 2.75) is 12.6 Å².